The highest BCUT2D eigenvalue weighted by Gasteiger charge is 2.05. The number of rotatable bonds is 6. The van der Waals surface area contributed by atoms with Crippen LogP contribution in [0.1, 0.15) is 19.4 Å². The summed E-state index contributed by atoms with van der Waals surface area (Å²) in [6.45, 7) is 6.18. The van der Waals surface area contributed by atoms with Gasteiger partial charge in [-0.1, -0.05) is 19.9 Å². The third kappa shape index (κ3) is 5.14. The van der Waals surface area contributed by atoms with E-state index in [-0.39, 0.29) is 5.82 Å². The number of benzene rings is 2. The second kappa shape index (κ2) is 7.57. The van der Waals surface area contributed by atoms with Crippen molar-refractivity contribution in [3.05, 3.63) is 58.3 Å². The van der Waals surface area contributed by atoms with Crippen molar-refractivity contribution in [3.63, 3.8) is 0 Å². The zero-order chi connectivity index (χ0) is 15.2. The van der Waals surface area contributed by atoms with Gasteiger partial charge in [0.1, 0.15) is 17.3 Å². The molecule has 2 nitrogen and oxygen atoms in total. The monoisotopic (exact) mass is 351 g/mol. The van der Waals surface area contributed by atoms with Crippen molar-refractivity contribution in [1.29, 1.82) is 0 Å². The molecule has 112 valence electrons. The molecule has 0 aliphatic carbocycles. The highest BCUT2D eigenvalue weighted by atomic mass is 79.9. The first-order valence-electron chi connectivity index (χ1n) is 6.97. The van der Waals surface area contributed by atoms with E-state index in [4.69, 9.17) is 4.74 Å². The van der Waals surface area contributed by atoms with Crippen LogP contribution in [0.15, 0.2) is 46.9 Å². The molecule has 1 N–H and O–H groups in total. The summed E-state index contributed by atoms with van der Waals surface area (Å²) in [7, 11) is 0. The number of hydrogen-bond donors (Lipinski definition) is 1. The third-order valence-corrected chi connectivity index (χ3v) is 3.54. The second-order valence-corrected chi connectivity index (χ2v) is 6.20. The van der Waals surface area contributed by atoms with Crippen molar-refractivity contribution in [2.24, 2.45) is 5.92 Å². The molecule has 0 fully saturated rings. The average molecular weight is 352 g/mol. The van der Waals surface area contributed by atoms with Gasteiger partial charge in [0.15, 0.2) is 0 Å². The molecule has 2 aromatic carbocycles. The average Bonchev–Trinajstić information content (AvgIpc) is 2.44. The van der Waals surface area contributed by atoms with Gasteiger partial charge in [0.25, 0.3) is 0 Å². The van der Waals surface area contributed by atoms with Crippen molar-refractivity contribution in [2.75, 3.05) is 6.54 Å². The maximum absolute atomic E-state index is 12.9. The second-order valence-electron chi connectivity index (χ2n) is 5.35. The Morgan fingerprint density at radius 3 is 2.48 bits per heavy atom. The van der Waals surface area contributed by atoms with Crippen LogP contribution in [0.3, 0.4) is 0 Å². The summed E-state index contributed by atoms with van der Waals surface area (Å²) in [4.78, 5) is 0. The molecule has 2 aromatic rings. The molecule has 0 unspecified atom stereocenters. The summed E-state index contributed by atoms with van der Waals surface area (Å²) < 4.78 is 19.5. The summed E-state index contributed by atoms with van der Waals surface area (Å²) in [6, 6.07) is 12.0. The number of ether oxygens (including phenoxy) is 1. The van der Waals surface area contributed by atoms with Crippen molar-refractivity contribution >= 4 is 15.9 Å². The van der Waals surface area contributed by atoms with E-state index in [0.717, 1.165) is 17.6 Å². The summed E-state index contributed by atoms with van der Waals surface area (Å²) in [5.74, 6) is 1.69. The molecule has 0 bridgehead atoms. The van der Waals surface area contributed by atoms with Gasteiger partial charge in [0, 0.05) is 6.54 Å². The van der Waals surface area contributed by atoms with Gasteiger partial charge in [-0.3, -0.25) is 0 Å². The summed E-state index contributed by atoms with van der Waals surface area (Å²) >= 11 is 3.51. The smallest absolute Gasteiger partial charge is 0.141 e. The van der Waals surface area contributed by atoms with Gasteiger partial charge in [-0.05, 0) is 70.4 Å². The van der Waals surface area contributed by atoms with E-state index in [9.17, 15) is 4.39 Å². The molecule has 0 aromatic heterocycles. The standard InChI is InChI=1S/C17H19BrFNO/c1-12(2)10-20-11-13-3-8-17(16(18)9-13)21-15-6-4-14(19)5-7-15/h3-9,12,20H,10-11H2,1-2H3. The zero-order valence-electron chi connectivity index (χ0n) is 12.2. The molecule has 4 heteroatoms. The van der Waals surface area contributed by atoms with Crippen LogP contribution in [-0.4, -0.2) is 6.54 Å². The fraction of sp³-hybridized carbons (Fsp3) is 0.294. The number of halogens is 2. The minimum atomic E-state index is -0.270. The van der Waals surface area contributed by atoms with Gasteiger partial charge in [-0.2, -0.15) is 0 Å². The quantitative estimate of drug-likeness (QED) is 0.779. The lowest BCUT2D eigenvalue weighted by Gasteiger charge is -2.11. The maximum Gasteiger partial charge on any atom is 0.141 e. The van der Waals surface area contributed by atoms with Crippen LogP contribution in [-0.2, 0) is 6.54 Å². The lowest BCUT2D eigenvalue weighted by molar-refractivity contribution is 0.477. The van der Waals surface area contributed by atoms with Crippen LogP contribution in [0.25, 0.3) is 0 Å². The van der Waals surface area contributed by atoms with E-state index >= 15 is 0 Å². The van der Waals surface area contributed by atoms with E-state index < -0.39 is 0 Å². The Kier molecular flexibility index (Phi) is 5.76. The molecule has 21 heavy (non-hydrogen) atoms. The lowest BCUT2D eigenvalue weighted by atomic mass is 10.2. The summed E-state index contributed by atoms with van der Waals surface area (Å²) in [5, 5.41) is 3.40. The molecule has 0 heterocycles. The number of nitrogens with one attached hydrogen (secondary N) is 1. The van der Waals surface area contributed by atoms with Gasteiger partial charge in [-0.25, -0.2) is 4.39 Å². The summed E-state index contributed by atoms with van der Waals surface area (Å²) in [5.41, 5.74) is 1.19. The van der Waals surface area contributed by atoms with Crippen LogP contribution in [0.4, 0.5) is 4.39 Å². The Balaban J connectivity index is 2.00. The largest absolute Gasteiger partial charge is 0.456 e. The van der Waals surface area contributed by atoms with Gasteiger partial charge >= 0.3 is 0 Å². The topological polar surface area (TPSA) is 21.3 Å². The van der Waals surface area contributed by atoms with Crippen molar-refractivity contribution in [2.45, 2.75) is 20.4 Å². The lowest BCUT2D eigenvalue weighted by Crippen LogP contribution is -2.18. The Morgan fingerprint density at radius 2 is 1.86 bits per heavy atom. The van der Waals surface area contributed by atoms with Gasteiger partial charge < -0.3 is 10.1 Å². The predicted molar refractivity (Wildman–Crippen MR) is 87.2 cm³/mol. The molecular weight excluding hydrogens is 333 g/mol. The van der Waals surface area contributed by atoms with Gasteiger partial charge in [0.05, 0.1) is 4.47 Å². The Labute approximate surface area is 133 Å². The van der Waals surface area contributed by atoms with Crippen LogP contribution in [0, 0.1) is 11.7 Å². The van der Waals surface area contributed by atoms with Crippen LogP contribution >= 0.6 is 15.9 Å². The zero-order valence-corrected chi connectivity index (χ0v) is 13.8. The minimum absolute atomic E-state index is 0.270. The molecule has 0 atom stereocenters. The molecule has 0 aliphatic heterocycles. The van der Waals surface area contributed by atoms with Crippen molar-refractivity contribution in [1.82, 2.24) is 5.32 Å². The van der Waals surface area contributed by atoms with E-state index in [0.29, 0.717) is 17.4 Å². The first-order valence-corrected chi connectivity index (χ1v) is 7.76. The van der Waals surface area contributed by atoms with Crippen LogP contribution < -0.4 is 10.1 Å². The third-order valence-electron chi connectivity index (χ3n) is 2.92. The van der Waals surface area contributed by atoms with Gasteiger partial charge in [-0.15, -0.1) is 0 Å². The molecular formula is C17H19BrFNO. The van der Waals surface area contributed by atoms with Crippen molar-refractivity contribution in [3.8, 4) is 11.5 Å². The van der Waals surface area contributed by atoms with Gasteiger partial charge in [0.2, 0.25) is 0 Å². The fourth-order valence-corrected chi connectivity index (χ4v) is 2.38. The fourth-order valence-electron chi connectivity index (χ4n) is 1.87. The molecule has 0 saturated heterocycles. The molecule has 0 radical (unpaired) electrons. The highest BCUT2D eigenvalue weighted by Crippen LogP contribution is 2.30. The van der Waals surface area contributed by atoms with Crippen molar-refractivity contribution < 1.29 is 9.13 Å². The molecule has 0 amide bonds. The molecule has 0 spiro atoms. The molecule has 2 rings (SSSR count). The normalized spacial score (nSPS) is 10.9. The highest BCUT2D eigenvalue weighted by molar-refractivity contribution is 9.10. The van der Waals surface area contributed by atoms with E-state index in [1.54, 1.807) is 12.1 Å². The Morgan fingerprint density at radius 1 is 1.14 bits per heavy atom. The predicted octanol–water partition coefficient (Wildman–Crippen LogP) is 5.13. The first-order chi connectivity index (χ1) is 10.0. The van der Waals surface area contributed by atoms with E-state index in [1.165, 1.54) is 17.7 Å². The maximum atomic E-state index is 12.9. The first kappa shape index (κ1) is 16.0. The summed E-state index contributed by atoms with van der Waals surface area (Å²) in [6.07, 6.45) is 0. The molecule has 0 saturated carbocycles. The Hall–Kier alpha value is -1.39. The minimum Gasteiger partial charge on any atom is -0.456 e. The Bertz CT molecular complexity index is 584. The van der Waals surface area contributed by atoms with Crippen LogP contribution in [0.2, 0.25) is 0 Å². The van der Waals surface area contributed by atoms with Crippen LogP contribution in [0.5, 0.6) is 11.5 Å². The van der Waals surface area contributed by atoms with E-state index in [2.05, 4.69) is 35.1 Å². The van der Waals surface area contributed by atoms with E-state index in [1.807, 2.05) is 18.2 Å². The molecule has 0 aliphatic rings. The SMILES string of the molecule is CC(C)CNCc1ccc(Oc2ccc(F)cc2)c(Br)c1. The number of hydrogen-bond acceptors (Lipinski definition) is 2.